The van der Waals surface area contributed by atoms with Crippen LogP contribution < -0.4 is 0 Å². The highest BCUT2D eigenvalue weighted by molar-refractivity contribution is 6.04. The van der Waals surface area contributed by atoms with Gasteiger partial charge in [0.25, 0.3) is 0 Å². The lowest BCUT2D eigenvalue weighted by Gasteiger charge is -2.28. The van der Waals surface area contributed by atoms with Crippen LogP contribution in [-0.2, 0) is 10.8 Å². The molecule has 7 rings (SSSR count). The molecule has 2 heterocycles. The Morgan fingerprint density at radius 3 is 1.96 bits per heavy atom. The fourth-order valence-electron chi connectivity index (χ4n) is 6.88. The van der Waals surface area contributed by atoms with E-state index >= 15 is 0 Å². The van der Waals surface area contributed by atoms with E-state index in [0.717, 1.165) is 50.8 Å². The van der Waals surface area contributed by atoms with Crippen LogP contribution in [0.25, 0.3) is 49.8 Å². The molecule has 1 aliphatic rings. The lowest BCUT2D eigenvalue weighted by atomic mass is 9.77. The summed E-state index contributed by atoms with van der Waals surface area (Å²) in [5.74, 6) is 0.314. The molecule has 1 unspecified atom stereocenters. The van der Waals surface area contributed by atoms with Crippen molar-refractivity contribution in [2.75, 3.05) is 0 Å². The second-order valence-corrected chi connectivity index (χ2v) is 14.5. The first-order valence-corrected chi connectivity index (χ1v) is 17.5. The summed E-state index contributed by atoms with van der Waals surface area (Å²) in [6.45, 7) is 17.8. The summed E-state index contributed by atoms with van der Waals surface area (Å²) in [4.78, 5) is 10.6. The van der Waals surface area contributed by atoms with Gasteiger partial charge in [-0.3, -0.25) is 0 Å². The van der Waals surface area contributed by atoms with E-state index in [4.69, 9.17) is 9.97 Å². The summed E-state index contributed by atoms with van der Waals surface area (Å²) in [5, 5.41) is 2.20. The highest BCUT2D eigenvalue weighted by Gasteiger charge is 2.25. The van der Waals surface area contributed by atoms with Gasteiger partial charge in [-0.2, -0.15) is 0 Å². The van der Waals surface area contributed by atoms with Crippen molar-refractivity contribution in [2.24, 2.45) is 0 Å². The molecule has 1 atom stereocenters. The Bertz CT molecular complexity index is 2140. The number of allylic oxidation sites excluding steroid dienone is 4. The quantitative estimate of drug-likeness (QED) is 0.182. The molecule has 0 saturated heterocycles. The summed E-state index contributed by atoms with van der Waals surface area (Å²) in [6.07, 6.45) is 7.89. The molecule has 0 N–H and O–H groups in total. The van der Waals surface area contributed by atoms with Gasteiger partial charge in [0.15, 0.2) is 0 Å². The molecular weight excluding hydrogens is 581 g/mol. The Morgan fingerprint density at radius 2 is 1.27 bits per heavy atom. The fraction of sp³-hybridized carbons (Fsp3) is 0.261. The topological polar surface area (TPSA) is 25.8 Å². The first-order valence-electron chi connectivity index (χ1n) is 17.5. The minimum Gasteiger partial charge on any atom is -0.246 e. The second-order valence-electron chi connectivity index (χ2n) is 14.5. The van der Waals surface area contributed by atoms with Gasteiger partial charge in [-0.05, 0) is 74.8 Å². The molecule has 6 aromatic rings. The van der Waals surface area contributed by atoms with Gasteiger partial charge in [0, 0.05) is 16.3 Å². The van der Waals surface area contributed by atoms with Gasteiger partial charge in [-0.15, -0.1) is 0 Å². The summed E-state index contributed by atoms with van der Waals surface area (Å²) in [5.41, 5.74) is 12.8. The van der Waals surface area contributed by atoms with Crippen molar-refractivity contribution in [3.63, 3.8) is 0 Å². The Morgan fingerprint density at radius 1 is 0.667 bits per heavy atom. The predicted molar refractivity (Wildman–Crippen MR) is 208 cm³/mol. The van der Waals surface area contributed by atoms with Crippen molar-refractivity contribution in [3.8, 4) is 22.4 Å². The number of benzene rings is 4. The summed E-state index contributed by atoms with van der Waals surface area (Å²) in [7, 11) is 0. The van der Waals surface area contributed by atoms with E-state index in [1.807, 2.05) is 13.8 Å². The van der Waals surface area contributed by atoms with Crippen LogP contribution >= 0.6 is 0 Å². The predicted octanol–water partition coefficient (Wildman–Crippen LogP) is 12.9. The minimum atomic E-state index is -0.0215. The maximum atomic E-state index is 5.32. The van der Waals surface area contributed by atoms with E-state index in [1.165, 1.54) is 27.8 Å². The molecule has 0 amide bonds. The van der Waals surface area contributed by atoms with Gasteiger partial charge < -0.3 is 0 Å². The lowest BCUT2D eigenvalue weighted by molar-refractivity contribution is 0.527. The second kappa shape index (κ2) is 13.4. The van der Waals surface area contributed by atoms with Crippen LogP contribution in [0, 0.1) is 0 Å². The molecule has 0 radical (unpaired) electrons. The largest absolute Gasteiger partial charge is 0.246 e. The first kappa shape index (κ1) is 33.1. The number of nitrogens with zero attached hydrogens (tertiary/aromatic N) is 2. The van der Waals surface area contributed by atoms with E-state index in [9.17, 15) is 0 Å². The number of hydrogen-bond donors (Lipinski definition) is 0. The first-order chi connectivity index (χ1) is 23.1. The SMILES string of the molecule is CC.CC1/C=C\C(c2ccc3ccc4ccc(-c5ccc(-c6ccccc6)c(C(C)(C)C)c5)nc4c3n2)=C/CC(C)(C)c2ccccc21. The van der Waals surface area contributed by atoms with Crippen LogP contribution in [-0.4, -0.2) is 9.97 Å². The van der Waals surface area contributed by atoms with E-state index in [1.54, 1.807) is 0 Å². The smallest absolute Gasteiger partial charge is 0.0972 e. The van der Waals surface area contributed by atoms with Crippen molar-refractivity contribution >= 4 is 27.4 Å². The van der Waals surface area contributed by atoms with Gasteiger partial charge in [0.05, 0.1) is 22.4 Å². The Balaban J connectivity index is 0.00000197. The molecule has 0 aliphatic heterocycles. The Hall–Kier alpha value is -4.82. The highest BCUT2D eigenvalue weighted by atomic mass is 14.8. The zero-order valence-electron chi connectivity index (χ0n) is 29.8. The fourth-order valence-corrected chi connectivity index (χ4v) is 6.88. The van der Waals surface area contributed by atoms with E-state index in [-0.39, 0.29) is 10.8 Å². The molecule has 2 heteroatoms. The van der Waals surface area contributed by atoms with Gasteiger partial charge >= 0.3 is 0 Å². The van der Waals surface area contributed by atoms with E-state index < -0.39 is 0 Å². The lowest BCUT2D eigenvalue weighted by Crippen LogP contribution is -2.18. The van der Waals surface area contributed by atoms with E-state index in [2.05, 4.69) is 169 Å². The van der Waals surface area contributed by atoms with Gasteiger partial charge in [-0.1, -0.05) is 165 Å². The van der Waals surface area contributed by atoms with Crippen molar-refractivity contribution in [3.05, 3.63) is 150 Å². The molecule has 2 aromatic heterocycles. The van der Waals surface area contributed by atoms with Gasteiger partial charge in [-0.25, -0.2) is 9.97 Å². The number of hydrogen-bond acceptors (Lipinski definition) is 2. The molecule has 242 valence electrons. The molecule has 2 nitrogen and oxygen atoms in total. The van der Waals surface area contributed by atoms with Crippen molar-refractivity contribution in [1.29, 1.82) is 0 Å². The van der Waals surface area contributed by atoms with Crippen LogP contribution in [0.1, 0.15) is 90.1 Å². The maximum Gasteiger partial charge on any atom is 0.0972 e. The maximum absolute atomic E-state index is 5.32. The van der Waals surface area contributed by atoms with Crippen molar-refractivity contribution in [2.45, 2.75) is 78.6 Å². The van der Waals surface area contributed by atoms with Crippen molar-refractivity contribution < 1.29 is 0 Å². The van der Waals surface area contributed by atoms with Crippen LogP contribution in [0.5, 0.6) is 0 Å². The third-order valence-electron chi connectivity index (χ3n) is 9.60. The molecule has 0 spiro atoms. The minimum absolute atomic E-state index is 0.0179. The van der Waals surface area contributed by atoms with Crippen LogP contribution in [0.4, 0.5) is 0 Å². The zero-order chi connectivity index (χ0) is 34.1. The van der Waals surface area contributed by atoms with Crippen LogP contribution in [0.15, 0.2) is 127 Å². The Kier molecular flexibility index (Phi) is 9.21. The summed E-state index contributed by atoms with van der Waals surface area (Å²) < 4.78 is 0. The zero-order valence-corrected chi connectivity index (χ0v) is 29.8. The monoisotopic (exact) mass is 628 g/mol. The van der Waals surface area contributed by atoms with Crippen molar-refractivity contribution in [1.82, 2.24) is 9.97 Å². The van der Waals surface area contributed by atoms with Gasteiger partial charge in [0.1, 0.15) is 0 Å². The third-order valence-corrected chi connectivity index (χ3v) is 9.60. The molecule has 4 aromatic carbocycles. The van der Waals surface area contributed by atoms with Crippen LogP contribution in [0.3, 0.4) is 0 Å². The average molecular weight is 629 g/mol. The summed E-state index contributed by atoms with van der Waals surface area (Å²) in [6, 6.07) is 39.4. The molecule has 0 bridgehead atoms. The average Bonchev–Trinajstić information content (AvgIpc) is 3.16. The highest BCUT2D eigenvalue weighted by Crippen LogP contribution is 2.39. The number of fused-ring (bicyclic) bond motifs is 4. The number of rotatable bonds is 3. The normalized spacial score (nSPS) is 17.6. The standard InChI is InChI=1S/C44H42N2.C2H6/c1-29-16-17-31(26-27-44(5,6)37-15-11-10-14-35(29)37)39-24-21-32-18-19-33-22-25-40(46-42(33)41(32)45-39)34-20-23-36(30-12-8-7-9-13-30)38(28-34)43(2,3)4;1-2/h7-26,28-29H,27H2,1-6H3;1-2H3/b17-16-,31-26+;. The molecular formula is C46H48N2. The van der Waals surface area contributed by atoms with E-state index in [0.29, 0.717) is 5.92 Å². The van der Waals surface area contributed by atoms with Crippen LogP contribution in [0.2, 0.25) is 0 Å². The van der Waals surface area contributed by atoms with Gasteiger partial charge in [0.2, 0.25) is 0 Å². The molecule has 0 saturated carbocycles. The Labute approximate surface area is 287 Å². The third kappa shape index (κ3) is 6.49. The molecule has 48 heavy (non-hydrogen) atoms. The molecule has 1 aliphatic carbocycles. The number of pyridine rings is 2. The molecule has 0 fully saturated rings. The number of aromatic nitrogens is 2. The summed E-state index contributed by atoms with van der Waals surface area (Å²) >= 11 is 0.